The monoisotopic (exact) mass is 317 g/mol. The van der Waals surface area contributed by atoms with Gasteiger partial charge in [-0.05, 0) is 44.7 Å². The first-order valence-electron chi connectivity index (χ1n) is 7.75. The summed E-state index contributed by atoms with van der Waals surface area (Å²) in [6, 6.07) is 0. The summed E-state index contributed by atoms with van der Waals surface area (Å²) in [7, 11) is -3.16. The molecule has 0 radical (unpaired) electrons. The molecule has 6 nitrogen and oxygen atoms in total. The SMILES string of the molecule is CC1(C(=O)N2CCCC(CNS(C)(=O)=O)C2)CCNCC1. The van der Waals surface area contributed by atoms with Crippen molar-refractivity contribution in [3.8, 4) is 0 Å². The Morgan fingerprint density at radius 1 is 1.38 bits per heavy atom. The summed E-state index contributed by atoms with van der Waals surface area (Å²) in [5.74, 6) is 0.468. The molecule has 0 bridgehead atoms. The molecule has 2 aliphatic rings. The molecule has 0 aromatic rings. The minimum atomic E-state index is -3.16. The van der Waals surface area contributed by atoms with Gasteiger partial charge in [-0.3, -0.25) is 4.79 Å². The fourth-order valence-corrected chi connectivity index (χ4v) is 3.80. The van der Waals surface area contributed by atoms with Gasteiger partial charge in [-0.25, -0.2) is 13.1 Å². The largest absolute Gasteiger partial charge is 0.342 e. The fourth-order valence-electron chi connectivity index (χ4n) is 3.26. The van der Waals surface area contributed by atoms with Gasteiger partial charge in [0.05, 0.1) is 6.26 Å². The summed E-state index contributed by atoms with van der Waals surface area (Å²) in [6.45, 7) is 5.77. The van der Waals surface area contributed by atoms with E-state index < -0.39 is 10.0 Å². The molecular formula is C14H27N3O3S. The molecule has 1 unspecified atom stereocenters. The second kappa shape index (κ2) is 6.62. The topological polar surface area (TPSA) is 78.5 Å². The second-order valence-electron chi connectivity index (χ2n) is 6.69. The molecule has 1 atom stereocenters. The van der Waals surface area contributed by atoms with Crippen LogP contribution in [0.3, 0.4) is 0 Å². The van der Waals surface area contributed by atoms with Crippen LogP contribution in [-0.4, -0.2) is 58.2 Å². The van der Waals surface area contributed by atoms with Crippen LogP contribution in [0, 0.1) is 11.3 Å². The van der Waals surface area contributed by atoms with Crippen molar-refractivity contribution < 1.29 is 13.2 Å². The van der Waals surface area contributed by atoms with Crippen molar-refractivity contribution in [2.75, 3.05) is 39.0 Å². The number of amides is 1. The average Bonchev–Trinajstić information content (AvgIpc) is 2.45. The molecule has 2 saturated heterocycles. The van der Waals surface area contributed by atoms with Crippen molar-refractivity contribution in [1.82, 2.24) is 14.9 Å². The second-order valence-corrected chi connectivity index (χ2v) is 8.52. The van der Waals surface area contributed by atoms with E-state index in [4.69, 9.17) is 0 Å². The van der Waals surface area contributed by atoms with Crippen molar-refractivity contribution >= 4 is 15.9 Å². The molecule has 7 heteroatoms. The van der Waals surface area contributed by atoms with Crippen LogP contribution < -0.4 is 10.0 Å². The molecule has 2 rings (SSSR count). The fraction of sp³-hybridized carbons (Fsp3) is 0.929. The molecule has 0 saturated carbocycles. The number of hydrogen-bond donors (Lipinski definition) is 2. The summed E-state index contributed by atoms with van der Waals surface area (Å²) in [5, 5.41) is 3.30. The Kier molecular flexibility index (Phi) is 5.27. The molecule has 1 amide bonds. The van der Waals surface area contributed by atoms with Crippen LogP contribution in [0.4, 0.5) is 0 Å². The highest BCUT2D eigenvalue weighted by atomic mass is 32.2. The van der Waals surface area contributed by atoms with E-state index in [9.17, 15) is 13.2 Å². The first-order valence-corrected chi connectivity index (χ1v) is 9.64. The van der Waals surface area contributed by atoms with E-state index in [2.05, 4.69) is 17.0 Å². The van der Waals surface area contributed by atoms with Gasteiger partial charge >= 0.3 is 0 Å². The Morgan fingerprint density at radius 2 is 2.05 bits per heavy atom. The maximum Gasteiger partial charge on any atom is 0.228 e. The minimum Gasteiger partial charge on any atom is -0.342 e. The molecule has 0 aromatic carbocycles. The van der Waals surface area contributed by atoms with Gasteiger partial charge in [0, 0.05) is 25.0 Å². The zero-order valence-electron chi connectivity index (χ0n) is 13.0. The lowest BCUT2D eigenvalue weighted by Crippen LogP contribution is -2.51. The molecule has 2 N–H and O–H groups in total. The summed E-state index contributed by atoms with van der Waals surface area (Å²) in [5.41, 5.74) is -0.253. The van der Waals surface area contributed by atoms with Gasteiger partial charge in [0.2, 0.25) is 15.9 Å². The van der Waals surface area contributed by atoms with Crippen LogP contribution in [0.15, 0.2) is 0 Å². The molecule has 0 spiro atoms. The van der Waals surface area contributed by atoms with E-state index in [1.54, 1.807) is 0 Å². The highest BCUT2D eigenvalue weighted by Gasteiger charge is 2.38. The van der Waals surface area contributed by atoms with Gasteiger partial charge in [0.15, 0.2) is 0 Å². The molecule has 0 aromatic heterocycles. The molecular weight excluding hydrogens is 290 g/mol. The number of carbonyl (C=O) groups excluding carboxylic acids is 1. The number of likely N-dealkylation sites (tertiary alicyclic amines) is 1. The zero-order chi connectivity index (χ0) is 15.5. The predicted molar refractivity (Wildman–Crippen MR) is 82.4 cm³/mol. The van der Waals surface area contributed by atoms with Crippen LogP contribution in [0.25, 0.3) is 0 Å². The van der Waals surface area contributed by atoms with Crippen LogP contribution in [0.5, 0.6) is 0 Å². The lowest BCUT2D eigenvalue weighted by Gasteiger charge is -2.40. The summed E-state index contributed by atoms with van der Waals surface area (Å²) < 4.78 is 24.9. The average molecular weight is 317 g/mol. The van der Waals surface area contributed by atoms with Crippen LogP contribution in [0.1, 0.15) is 32.6 Å². The number of nitrogens with one attached hydrogen (secondary N) is 2. The van der Waals surface area contributed by atoms with Gasteiger partial charge in [0.25, 0.3) is 0 Å². The lowest BCUT2D eigenvalue weighted by molar-refractivity contribution is -0.144. The third kappa shape index (κ3) is 4.66. The van der Waals surface area contributed by atoms with Crippen molar-refractivity contribution in [3.63, 3.8) is 0 Å². The number of piperidine rings is 2. The van der Waals surface area contributed by atoms with E-state index in [0.717, 1.165) is 45.3 Å². The Balaban J connectivity index is 1.92. The maximum atomic E-state index is 12.8. The van der Waals surface area contributed by atoms with Crippen molar-refractivity contribution in [3.05, 3.63) is 0 Å². The van der Waals surface area contributed by atoms with Crippen LogP contribution in [-0.2, 0) is 14.8 Å². The molecule has 2 heterocycles. The Morgan fingerprint density at radius 3 is 2.67 bits per heavy atom. The number of rotatable bonds is 4. The van der Waals surface area contributed by atoms with Crippen molar-refractivity contribution in [2.24, 2.45) is 11.3 Å². The zero-order valence-corrected chi connectivity index (χ0v) is 13.8. The summed E-state index contributed by atoms with van der Waals surface area (Å²) in [4.78, 5) is 14.7. The van der Waals surface area contributed by atoms with Crippen LogP contribution >= 0.6 is 0 Å². The Hall–Kier alpha value is -0.660. The summed E-state index contributed by atoms with van der Waals surface area (Å²) in [6.07, 6.45) is 4.87. The van der Waals surface area contributed by atoms with Gasteiger partial charge in [-0.2, -0.15) is 0 Å². The standard InChI is InChI=1S/C14H27N3O3S/c1-14(5-7-15-8-6-14)13(18)17-9-3-4-12(11-17)10-16-21(2,19)20/h12,15-16H,3-11H2,1-2H3. The van der Waals surface area contributed by atoms with Gasteiger partial charge in [0.1, 0.15) is 0 Å². The van der Waals surface area contributed by atoms with E-state index in [1.807, 2.05) is 4.90 Å². The molecule has 21 heavy (non-hydrogen) atoms. The van der Waals surface area contributed by atoms with E-state index in [0.29, 0.717) is 13.1 Å². The minimum absolute atomic E-state index is 0.225. The van der Waals surface area contributed by atoms with Crippen molar-refractivity contribution in [2.45, 2.75) is 32.6 Å². The number of carbonyl (C=O) groups is 1. The number of hydrogen-bond acceptors (Lipinski definition) is 4. The Bertz CT molecular complexity index is 472. The molecule has 2 aliphatic heterocycles. The third-order valence-electron chi connectivity index (χ3n) is 4.66. The van der Waals surface area contributed by atoms with E-state index in [-0.39, 0.29) is 17.2 Å². The number of sulfonamides is 1. The first-order chi connectivity index (χ1) is 9.80. The van der Waals surface area contributed by atoms with Crippen LogP contribution in [0.2, 0.25) is 0 Å². The predicted octanol–water partition coefficient (Wildman–Crippen LogP) is 0.164. The maximum absolute atomic E-state index is 12.8. The van der Waals surface area contributed by atoms with Gasteiger partial charge < -0.3 is 10.2 Å². The lowest BCUT2D eigenvalue weighted by atomic mass is 9.79. The van der Waals surface area contributed by atoms with Gasteiger partial charge in [-0.1, -0.05) is 6.92 Å². The van der Waals surface area contributed by atoms with Gasteiger partial charge in [-0.15, -0.1) is 0 Å². The number of nitrogens with zero attached hydrogens (tertiary/aromatic N) is 1. The molecule has 2 fully saturated rings. The molecule has 0 aliphatic carbocycles. The van der Waals surface area contributed by atoms with Crippen molar-refractivity contribution in [1.29, 1.82) is 0 Å². The smallest absolute Gasteiger partial charge is 0.228 e. The quantitative estimate of drug-likeness (QED) is 0.774. The van der Waals surface area contributed by atoms with E-state index in [1.165, 1.54) is 6.26 Å². The van der Waals surface area contributed by atoms with E-state index >= 15 is 0 Å². The third-order valence-corrected chi connectivity index (χ3v) is 5.35. The Labute approximate surface area is 127 Å². The normalized spacial score (nSPS) is 26.6. The highest BCUT2D eigenvalue weighted by Crippen LogP contribution is 2.32. The highest BCUT2D eigenvalue weighted by molar-refractivity contribution is 7.88. The summed E-state index contributed by atoms with van der Waals surface area (Å²) >= 11 is 0. The first kappa shape index (κ1) is 16.7. The molecule has 122 valence electrons.